The Labute approximate surface area is 120 Å². The molecule has 1 aliphatic rings. The van der Waals surface area contributed by atoms with Crippen LogP contribution in [0.5, 0.6) is 0 Å². The van der Waals surface area contributed by atoms with Crippen LogP contribution in [0.15, 0.2) is 23.4 Å². The predicted molar refractivity (Wildman–Crippen MR) is 77.1 cm³/mol. The van der Waals surface area contributed by atoms with Crippen LogP contribution in [0.4, 0.5) is 5.69 Å². The van der Waals surface area contributed by atoms with Crippen LogP contribution in [-0.4, -0.2) is 39.7 Å². The molecule has 1 aliphatic heterocycles. The molecule has 1 aromatic heterocycles. The molecular formula is C13H21N3O3S. The van der Waals surface area contributed by atoms with Gasteiger partial charge in [0.15, 0.2) is 5.03 Å². The second-order valence-electron chi connectivity index (χ2n) is 4.82. The standard InChI is InChI=1S/C13H21N3O3S/c1-2-14-12-6-3-7-15-13(12)20(17,18)16-9-11-5-4-8-19-10-11/h3,6-7,11,14,16H,2,4-5,8-10H2,1H3. The van der Waals surface area contributed by atoms with E-state index in [1.54, 1.807) is 12.1 Å². The molecule has 0 spiro atoms. The van der Waals surface area contributed by atoms with Gasteiger partial charge in [0.25, 0.3) is 10.0 Å². The third-order valence-corrected chi connectivity index (χ3v) is 4.59. The molecule has 2 rings (SSSR count). The summed E-state index contributed by atoms with van der Waals surface area (Å²) in [5, 5.41) is 3.07. The van der Waals surface area contributed by atoms with Crippen LogP contribution in [0.1, 0.15) is 19.8 Å². The predicted octanol–water partition coefficient (Wildman–Crippen LogP) is 1.22. The number of hydrogen-bond donors (Lipinski definition) is 2. The van der Waals surface area contributed by atoms with Gasteiger partial charge < -0.3 is 10.1 Å². The second-order valence-corrected chi connectivity index (χ2v) is 6.50. The van der Waals surface area contributed by atoms with E-state index in [2.05, 4.69) is 15.0 Å². The minimum atomic E-state index is -3.59. The van der Waals surface area contributed by atoms with Gasteiger partial charge in [-0.1, -0.05) is 0 Å². The number of nitrogens with one attached hydrogen (secondary N) is 2. The van der Waals surface area contributed by atoms with Crippen molar-refractivity contribution in [3.8, 4) is 0 Å². The molecule has 6 nitrogen and oxygen atoms in total. The highest BCUT2D eigenvalue weighted by molar-refractivity contribution is 7.89. The molecule has 1 unspecified atom stereocenters. The number of ether oxygens (including phenoxy) is 1. The Kier molecular flexibility index (Phi) is 5.33. The van der Waals surface area contributed by atoms with Gasteiger partial charge in [-0.05, 0) is 37.8 Å². The van der Waals surface area contributed by atoms with E-state index in [-0.39, 0.29) is 10.9 Å². The quantitative estimate of drug-likeness (QED) is 0.825. The lowest BCUT2D eigenvalue weighted by molar-refractivity contribution is 0.0568. The number of anilines is 1. The number of aromatic nitrogens is 1. The van der Waals surface area contributed by atoms with Crippen molar-refractivity contribution in [1.29, 1.82) is 0 Å². The molecule has 2 N–H and O–H groups in total. The van der Waals surface area contributed by atoms with E-state index in [1.165, 1.54) is 6.20 Å². The molecule has 1 aromatic rings. The summed E-state index contributed by atoms with van der Waals surface area (Å²) in [6, 6.07) is 3.43. The van der Waals surface area contributed by atoms with Crippen molar-refractivity contribution in [2.45, 2.75) is 24.8 Å². The van der Waals surface area contributed by atoms with Gasteiger partial charge in [0.2, 0.25) is 0 Å². The molecule has 0 aliphatic carbocycles. The van der Waals surface area contributed by atoms with Gasteiger partial charge in [0, 0.05) is 25.9 Å². The molecule has 2 heterocycles. The molecule has 1 fully saturated rings. The van der Waals surface area contributed by atoms with Gasteiger partial charge in [0.05, 0.1) is 12.3 Å². The number of pyridine rings is 1. The highest BCUT2D eigenvalue weighted by Crippen LogP contribution is 2.18. The zero-order valence-electron chi connectivity index (χ0n) is 11.6. The largest absolute Gasteiger partial charge is 0.383 e. The molecule has 1 saturated heterocycles. The molecule has 0 saturated carbocycles. The lowest BCUT2D eigenvalue weighted by Crippen LogP contribution is -2.34. The van der Waals surface area contributed by atoms with E-state index in [4.69, 9.17) is 4.74 Å². The van der Waals surface area contributed by atoms with Crippen molar-refractivity contribution in [2.24, 2.45) is 5.92 Å². The summed E-state index contributed by atoms with van der Waals surface area (Å²) in [6.07, 6.45) is 3.46. The fraction of sp³-hybridized carbons (Fsp3) is 0.615. The first-order chi connectivity index (χ1) is 9.63. The molecule has 0 aromatic carbocycles. The smallest absolute Gasteiger partial charge is 0.260 e. The SMILES string of the molecule is CCNc1cccnc1S(=O)(=O)NCC1CCCOC1. The Morgan fingerprint density at radius 1 is 1.50 bits per heavy atom. The van der Waals surface area contributed by atoms with Crippen molar-refractivity contribution < 1.29 is 13.2 Å². The summed E-state index contributed by atoms with van der Waals surface area (Å²) in [5.74, 6) is 0.241. The molecule has 7 heteroatoms. The van der Waals surface area contributed by atoms with Gasteiger partial charge in [-0.3, -0.25) is 0 Å². The van der Waals surface area contributed by atoms with Crippen molar-refractivity contribution in [3.05, 3.63) is 18.3 Å². The number of hydrogen-bond acceptors (Lipinski definition) is 5. The molecule has 20 heavy (non-hydrogen) atoms. The minimum Gasteiger partial charge on any atom is -0.383 e. The molecular weight excluding hydrogens is 278 g/mol. The molecule has 0 amide bonds. The van der Waals surface area contributed by atoms with Gasteiger partial charge in [-0.25, -0.2) is 18.1 Å². The van der Waals surface area contributed by atoms with Crippen LogP contribution in [0.3, 0.4) is 0 Å². The van der Waals surface area contributed by atoms with Gasteiger partial charge in [-0.15, -0.1) is 0 Å². The summed E-state index contributed by atoms with van der Waals surface area (Å²) < 4.78 is 32.6. The number of nitrogens with zero attached hydrogens (tertiary/aromatic N) is 1. The maximum absolute atomic E-state index is 12.3. The van der Waals surface area contributed by atoms with E-state index < -0.39 is 10.0 Å². The summed E-state index contributed by atoms with van der Waals surface area (Å²) in [7, 11) is -3.59. The zero-order valence-corrected chi connectivity index (χ0v) is 12.4. The van der Waals surface area contributed by atoms with Crippen molar-refractivity contribution in [1.82, 2.24) is 9.71 Å². The first kappa shape index (κ1) is 15.2. The highest BCUT2D eigenvalue weighted by atomic mass is 32.2. The number of sulfonamides is 1. The fourth-order valence-corrected chi connectivity index (χ4v) is 3.42. The fourth-order valence-electron chi connectivity index (χ4n) is 2.19. The van der Waals surface area contributed by atoms with Crippen LogP contribution in [0.25, 0.3) is 0 Å². The van der Waals surface area contributed by atoms with Crippen molar-refractivity contribution in [3.63, 3.8) is 0 Å². The summed E-state index contributed by atoms with van der Waals surface area (Å²) in [5.41, 5.74) is 0.530. The average Bonchev–Trinajstić information content (AvgIpc) is 2.47. The Morgan fingerprint density at radius 3 is 3.05 bits per heavy atom. The van der Waals surface area contributed by atoms with E-state index in [9.17, 15) is 8.42 Å². The first-order valence-electron chi connectivity index (χ1n) is 6.90. The van der Waals surface area contributed by atoms with Crippen LogP contribution in [-0.2, 0) is 14.8 Å². The molecule has 1 atom stereocenters. The van der Waals surface area contributed by atoms with Gasteiger partial charge in [-0.2, -0.15) is 0 Å². The van der Waals surface area contributed by atoms with Gasteiger partial charge >= 0.3 is 0 Å². The third kappa shape index (κ3) is 3.91. The molecule has 0 radical (unpaired) electrons. The van der Waals surface area contributed by atoms with Crippen LogP contribution < -0.4 is 10.0 Å². The van der Waals surface area contributed by atoms with Gasteiger partial charge in [0.1, 0.15) is 0 Å². The maximum Gasteiger partial charge on any atom is 0.260 e. The normalized spacial score (nSPS) is 19.8. The van der Waals surface area contributed by atoms with E-state index in [1.807, 2.05) is 6.92 Å². The second kappa shape index (κ2) is 7.01. The Morgan fingerprint density at radius 2 is 2.35 bits per heavy atom. The first-order valence-corrected chi connectivity index (χ1v) is 8.38. The monoisotopic (exact) mass is 299 g/mol. The van der Waals surface area contributed by atoms with E-state index >= 15 is 0 Å². The Balaban J connectivity index is 2.05. The lowest BCUT2D eigenvalue weighted by Gasteiger charge is -2.22. The van der Waals surface area contributed by atoms with E-state index in [0.717, 1.165) is 19.4 Å². The Hall–Kier alpha value is -1.18. The summed E-state index contributed by atoms with van der Waals surface area (Å²) in [6.45, 7) is 4.34. The third-order valence-electron chi connectivity index (χ3n) is 3.21. The highest BCUT2D eigenvalue weighted by Gasteiger charge is 2.22. The zero-order chi connectivity index (χ0) is 14.4. The van der Waals surface area contributed by atoms with Crippen LogP contribution in [0.2, 0.25) is 0 Å². The van der Waals surface area contributed by atoms with Crippen molar-refractivity contribution in [2.75, 3.05) is 31.6 Å². The van der Waals surface area contributed by atoms with Crippen molar-refractivity contribution >= 4 is 15.7 Å². The van der Waals surface area contributed by atoms with Crippen LogP contribution >= 0.6 is 0 Å². The molecule has 0 bridgehead atoms. The topological polar surface area (TPSA) is 80.3 Å². The average molecular weight is 299 g/mol. The Bertz CT molecular complexity index is 527. The summed E-state index contributed by atoms with van der Waals surface area (Å²) in [4.78, 5) is 3.99. The maximum atomic E-state index is 12.3. The van der Waals surface area contributed by atoms with E-state index in [0.29, 0.717) is 25.4 Å². The number of rotatable bonds is 6. The lowest BCUT2D eigenvalue weighted by atomic mass is 10.0. The molecule has 112 valence electrons. The minimum absolute atomic E-state index is 0.0542. The summed E-state index contributed by atoms with van der Waals surface area (Å²) >= 11 is 0. The van der Waals surface area contributed by atoms with Crippen LogP contribution in [0, 0.1) is 5.92 Å².